The lowest BCUT2D eigenvalue weighted by atomic mass is 9.90. The quantitative estimate of drug-likeness (QED) is 0.311. The number of carbonyl (C=O) groups excluding carboxylic acids is 2. The number of amides is 1. The van der Waals surface area contributed by atoms with Crippen molar-refractivity contribution in [1.29, 1.82) is 0 Å². The number of hydrogen-bond acceptors (Lipinski definition) is 6. The van der Waals surface area contributed by atoms with E-state index in [1.807, 2.05) is 30.4 Å². The summed E-state index contributed by atoms with van der Waals surface area (Å²) in [5, 5.41) is 15.1. The molecule has 1 amide bonds. The van der Waals surface area contributed by atoms with Crippen molar-refractivity contribution >= 4 is 17.4 Å². The molecule has 1 aromatic heterocycles. The lowest BCUT2D eigenvalue weighted by molar-refractivity contribution is -0.132. The second-order valence-corrected chi connectivity index (χ2v) is 7.87. The summed E-state index contributed by atoms with van der Waals surface area (Å²) in [6.07, 6.45) is 11.9. The first-order chi connectivity index (χ1) is 16.6. The fourth-order valence-electron chi connectivity index (χ4n) is 4.23. The van der Waals surface area contributed by atoms with Crippen LogP contribution in [-0.4, -0.2) is 35.1 Å². The van der Waals surface area contributed by atoms with E-state index in [4.69, 9.17) is 9.26 Å². The average molecular weight is 452 g/mol. The van der Waals surface area contributed by atoms with E-state index in [0.29, 0.717) is 23.6 Å². The van der Waals surface area contributed by atoms with E-state index in [9.17, 15) is 14.7 Å². The Kier molecular flexibility index (Phi) is 5.48. The van der Waals surface area contributed by atoms with Gasteiger partial charge >= 0.3 is 0 Å². The third-order valence-corrected chi connectivity index (χ3v) is 5.92. The molecule has 7 heteroatoms. The van der Waals surface area contributed by atoms with E-state index in [1.54, 1.807) is 30.4 Å². The monoisotopic (exact) mass is 452 g/mol. The van der Waals surface area contributed by atoms with Gasteiger partial charge in [0.2, 0.25) is 0 Å². The van der Waals surface area contributed by atoms with Gasteiger partial charge in [0.15, 0.2) is 5.76 Å². The van der Waals surface area contributed by atoms with Crippen LogP contribution in [0.2, 0.25) is 0 Å². The summed E-state index contributed by atoms with van der Waals surface area (Å²) in [5.41, 5.74) is 8.77. The summed E-state index contributed by atoms with van der Waals surface area (Å²) >= 11 is 0. The van der Waals surface area contributed by atoms with Gasteiger partial charge in [-0.1, -0.05) is 41.2 Å². The second-order valence-electron chi connectivity index (χ2n) is 7.87. The van der Waals surface area contributed by atoms with Crippen LogP contribution < -0.4 is 4.90 Å². The first kappa shape index (κ1) is 21.3. The third kappa shape index (κ3) is 3.65. The van der Waals surface area contributed by atoms with Crippen molar-refractivity contribution in [1.82, 2.24) is 5.16 Å². The highest BCUT2D eigenvalue weighted by Crippen LogP contribution is 2.38. The third-order valence-electron chi connectivity index (χ3n) is 5.92. The highest BCUT2D eigenvalue weighted by atomic mass is 16.5. The number of aromatic nitrogens is 1. The normalized spacial score (nSPS) is 20.9. The molecule has 34 heavy (non-hydrogen) atoms. The van der Waals surface area contributed by atoms with Gasteiger partial charge in [0.05, 0.1) is 24.3 Å². The molecule has 1 aromatic carbocycles. The molecule has 1 saturated heterocycles. The molecule has 7 nitrogen and oxygen atoms in total. The highest BCUT2D eigenvalue weighted by Gasteiger charge is 2.47. The summed E-state index contributed by atoms with van der Waals surface area (Å²) < 4.78 is 10.0. The number of allylic oxidation sites excluding steroid dienone is 5. The number of anilines is 1. The first-order valence-corrected chi connectivity index (χ1v) is 10.7. The molecule has 1 unspecified atom stereocenters. The van der Waals surface area contributed by atoms with Crippen LogP contribution in [0.4, 0.5) is 5.69 Å². The molecular formula is C27H20N2O5. The molecule has 1 aliphatic heterocycles. The lowest BCUT2D eigenvalue weighted by Crippen LogP contribution is -2.36. The Morgan fingerprint density at radius 2 is 2.00 bits per heavy atom. The van der Waals surface area contributed by atoms with Crippen molar-refractivity contribution in [2.75, 3.05) is 12.0 Å². The Labute approximate surface area is 195 Å². The standard InChI is InChI=1S/C27H20N2O5/c1-33-21-13-9-19(10-14-21)25(30)23-24(18-5-3-2-4-6-18)29(27(32)26(23)31)20-11-7-17(8-12-20)22-15-16-34-28-22/h2-3,5,7-9,11-13,15-16,24,30H,4,6H2,1H3/b25-23-. The first-order valence-electron chi connectivity index (χ1n) is 10.7. The number of Topliss-reactive ketones (excluding diaryl/α,β-unsaturated/α-hetero) is 1. The molecule has 5 rings (SSSR count). The lowest BCUT2D eigenvalue weighted by Gasteiger charge is -2.28. The Balaban J connectivity index is 1.63. The minimum Gasteiger partial charge on any atom is -0.506 e. The Hall–Kier alpha value is -4.57. The van der Waals surface area contributed by atoms with E-state index in [-0.39, 0.29) is 16.9 Å². The van der Waals surface area contributed by atoms with Crippen LogP contribution in [-0.2, 0) is 14.3 Å². The highest BCUT2D eigenvalue weighted by molar-refractivity contribution is 6.51. The van der Waals surface area contributed by atoms with E-state index >= 15 is 0 Å². The molecule has 2 aliphatic carbocycles. The maximum Gasteiger partial charge on any atom is 0.300 e. The molecule has 1 fully saturated rings. The van der Waals surface area contributed by atoms with Crippen LogP contribution in [0.3, 0.4) is 0 Å². The number of carbonyl (C=O) groups is 2. The van der Waals surface area contributed by atoms with Gasteiger partial charge in [-0.15, -0.1) is 0 Å². The number of ether oxygens (including phenoxy) is 1. The Morgan fingerprint density at radius 3 is 2.62 bits per heavy atom. The zero-order valence-corrected chi connectivity index (χ0v) is 18.3. The SMILES string of the molecule is COC1=C=C=C(/C(O)=C2/C(=O)C(=O)N(c3ccc(-c4ccon4)cc3)C2C2=CC=CCC2)C=C1. The van der Waals surface area contributed by atoms with Gasteiger partial charge in [-0.2, -0.15) is 0 Å². The largest absolute Gasteiger partial charge is 0.506 e. The average Bonchev–Trinajstić information content (AvgIpc) is 3.52. The van der Waals surface area contributed by atoms with Crippen LogP contribution in [0.5, 0.6) is 0 Å². The maximum absolute atomic E-state index is 13.2. The number of benzene rings is 1. The summed E-state index contributed by atoms with van der Waals surface area (Å²) in [5.74, 6) is -1.29. The molecule has 168 valence electrons. The molecular weight excluding hydrogens is 432 g/mol. The molecule has 2 aromatic rings. The van der Waals surface area contributed by atoms with Gasteiger partial charge < -0.3 is 14.4 Å². The Bertz CT molecular complexity index is 1390. The zero-order valence-electron chi connectivity index (χ0n) is 18.3. The second kappa shape index (κ2) is 8.75. The number of aliphatic hydroxyl groups is 1. The van der Waals surface area contributed by atoms with Crippen LogP contribution in [0.25, 0.3) is 11.3 Å². The fourth-order valence-corrected chi connectivity index (χ4v) is 4.23. The number of rotatable bonds is 5. The van der Waals surface area contributed by atoms with Gasteiger partial charge in [-0.3, -0.25) is 14.5 Å². The number of ketones is 1. The zero-order chi connectivity index (χ0) is 23.7. The van der Waals surface area contributed by atoms with E-state index < -0.39 is 17.7 Å². The maximum atomic E-state index is 13.2. The summed E-state index contributed by atoms with van der Waals surface area (Å²) in [6, 6.07) is 8.14. The number of hydrogen-bond donors (Lipinski definition) is 1. The van der Waals surface area contributed by atoms with E-state index in [1.165, 1.54) is 18.3 Å². The number of nitrogens with zero attached hydrogens (tertiary/aromatic N) is 2. The van der Waals surface area contributed by atoms with Crippen molar-refractivity contribution in [2.24, 2.45) is 0 Å². The van der Waals surface area contributed by atoms with Crippen LogP contribution in [0.15, 0.2) is 111 Å². The minimum atomic E-state index is -0.747. The van der Waals surface area contributed by atoms with Gasteiger partial charge in [0.1, 0.15) is 17.7 Å². The van der Waals surface area contributed by atoms with Crippen LogP contribution in [0, 0.1) is 0 Å². The fraction of sp³-hybridized carbons (Fsp3) is 0.148. The molecule has 3 aliphatic rings. The predicted octanol–water partition coefficient (Wildman–Crippen LogP) is 4.49. The van der Waals surface area contributed by atoms with Crippen molar-refractivity contribution in [3.63, 3.8) is 0 Å². The molecule has 2 heterocycles. The van der Waals surface area contributed by atoms with Gasteiger partial charge in [-0.25, -0.2) is 0 Å². The molecule has 1 N–H and O–H groups in total. The van der Waals surface area contributed by atoms with Crippen molar-refractivity contribution in [3.8, 4) is 11.3 Å². The van der Waals surface area contributed by atoms with Crippen molar-refractivity contribution in [3.05, 3.63) is 107 Å². The molecule has 1 atom stereocenters. The number of aliphatic hydroxyl groups excluding tert-OH is 1. The number of methoxy groups -OCH3 is 1. The predicted molar refractivity (Wildman–Crippen MR) is 125 cm³/mol. The minimum absolute atomic E-state index is 0.0296. The van der Waals surface area contributed by atoms with E-state index in [0.717, 1.165) is 17.6 Å². The Morgan fingerprint density at radius 1 is 1.18 bits per heavy atom. The molecule has 0 spiro atoms. The summed E-state index contributed by atoms with van der Waals surface area (Å²) in [7, 11) is 1.50. The molecule has 0 bridgehead atoms. The van der Waals surface area contributed by atoms with Gasteiger partial charge in [-0.05, 0) is 48.4 Å². The molecule has 0 radical (unpaired) electrons. The topological polar surface area (TPSA) is 92.9 Å². The summed E-state index contributed by atoms with van der Waals surface area (Å²) in [6.45, 7) is 0. The van der Waals surface area contributed by atoms with Crippen LogP contribution >= 0.6 is 0 Å². The van der Waals surface area contributed by atoms with E-state index in [2.05, 4.69) is 16.6 Å². The van der Waals surface area contributed by atoms with Crippen molar-refractivity contribution < 1.29 is 24.0 Å². The van der Waals surface area contributed by atoms with Crippen molar-refractivity contribution in [2.45, 2.75) is 18.9 Å². The van der Waals surface area contributed by atoms with Gasteiger partial charge in [0.25, 0.3) is 11.7 Å². The molecule has 0 saturated carbocycles. The van der Waals surface area contributed by atoms with Gasteiger partial charge in [0, 0.05) is 17.3 Å². The summed E-state index contributed by atoms with van der Waals surface area (Å²) in [4.78, 5) is 27.9. The van der Waals surface area contributed by atoms with Crippen LogP contribution in [0.1, 0.15) is 12.8 Å². The smallest absolute Gasteiger partial charge is 0.300 e.